The van der Waals surface area contributed by atoms with Gasteiger partial charge >= 0.3 is 5.97 Å². The molecular formula is C25H25N5O3S2. The molecule has 1 amide bonds. The van der Waals surface area contributed by atoms with E-state index >= 15 is 0 Å². The number of nitrogens with one attached hydrogen (secondary N) is 1. The highest BCUT2D eigenvalue weighted by molar-refractivity contribution is 7.99. The molecule has 0 saturated heterocycles. The first kappa shape index (κ1) is 24.6. The zero-order chi connectivity index (χ0) is 24.9. The van der Waals surface area contributed by atoms with Crippen LogP contribution in [0.4, 0.5) is 5.00 Å². The van der Waals surface area contributed by atoms with Crippen LogP contribution in [-0.4, -0.2) is 44.5 Å². The highest BCUT2D eigenvalue weighted by atomic mass is 32.2. The number of aryl methyl sites for hydroxylation is 2. The first-order valence-electron chi connectivity index (χ1n) is 11.0. The van der Waals surface area contributed by atoms with Crippen LogP contribution in [0.5, 0.6) is 0 Å². The Bertz CT molecular complexity index is 1360. The lowest BCUT2D eigenvalue weighted by atomic mass is 9.97. The first-order valence-corrected chi connectivity index (χ1v) is 12.8. The Hall–Kier alpha value is -3.50. The third-order valence-corrected chi connectivity index (χ3v) is 7.28. The molecule has 8 nitrogen and oxygen atoms in total. The van der Waals surface area contributed by atoms with Crippen molar-refractivity contribution in [3.05, 3.63) is 64.8 Å². The summed E-state index contributed by atoms with van der Waals surface area (Å²) in [5.41, 5.74) is 5.08. The third-order valence-electron chi connectivity index (χ3n) is 5.42. The first-order chi connectivity index (χ1) is 16.9. The van der Waals surface area contributed by atoms with Gasteiger partial charge in [-0.25, -0.2) is 4.79 Å². The van der Waals surface area contributed by atoms with Gasteiger partial charge in [-0.05, 0) is 44.0 Å². The van der Waals surface area contributed by atoms with E-state index in [9.17, 15) is 9.59 Å². The number of esters is 1. The van der Waals surface area contributed by atoms with E-state index in [4.69, 9.17) is 4.74 Å². The fourth-order valence-corrected chi connectivity index (χ4v) is 5.43. The van der Waals surface area contributed by atoms with Crippen molar-refractivity contribution in [2.45, 2.75) is 32.5 Å². The minimum atomic E-state index is -0.488. The molecule has 0 atom stereocenters. The zero-order valence-electron chi connectivity index (χ0n) is 19.9. The maximum Gasteiger partial charge on any atom is 0.341 e. The maximum atomic E-state index is 12.8. The van der Waals surface area contributed by atoms with Crippen molar-refractivity contribution in [1.29, 1.82) is 0 Å². The summed E-state index contributed by atoms with van der Waals surface area (Å²) in [6.07, 6.45) is 3.41. The van der Waals surface area contributed by atoms with Crippen molar-refractivity contribution < 1.29 is 14.3 Å². The van der Waals surface area contributed by atoms with Crippen molar-refractivity contribution in [1.82, 2.24) is 19.7 Å². The Labute approximate surface area is 211 Å². The summed E-state index contributed by atoms with van der Waals surface area (Å²) in [4.78, 5) is 29.6. The summed E-state index contributed by atoms with van der Waals surface area (Å²) in [6, 6.07) is 9.82. The van der Waals surface area contributed by atoms with Gasteiger partial charge in [-0.2, -0.15) is 0 Å². The molecule has 0 bridgehead atoms. The second-order valence-corrected chi connectivity index (χ2v) is 9.61. The number of thioether (sulfide) groups is 1. The molecule has 4 rings (SSSR count). The second-order valence-electron chi connectivity index (χ2n) is 7.79. The molecule has 1 aromatic carbocycles. The van der Waals surface area contributed by atoms with E-state index in [1.807, 2.05) is 61.1 Å². The van der Waals surface area contributed by atoms with Crippen molar-refractivity contribution in [2.75, 3.05) is 18.2 Å². The number of amides is 1. The maximum absolute atomic E-state index is 12.8. The smallest absolute Gasteiger partial charge is 0.341 e. The fourth-order valence-electron chi connectivity index (χ4n) is 3.67. The van der Waals surface area contributed by atoms with Crippen LogP contribution in [0.15, 0.2) is 53.3 Å². The molecule has 0 radical (unpaired) electrons. The molecule has 3 heterocycles. The minimum Gasteiger partial charge on any atom is -0.465 e. The SMILES string of the molecule is CCn1c(SCC(=O)Nc2scc(-c3cc(C)ccc3C)c2C(=O)OC)nnc1-c1ccncc1. The van der Waals surface area contributed by atoms with Crippen LogP contribution in [0.25, 0.3) is 22.5 Å². The Morgan fingerprint density at radius 3 is 2.60 bits per heavy atom. The third kappa shape index (κ3) is 5.28. The van der Waals surface area contributed by atoms with Crippen LogP contribution < -0.4 is 5.32 Å². The van der Waals surface area contributed by atoms with Gasteiger partial charge in [0.1, 0.15) is 10.6 Å². The standard InChI is InChI=1S/C25H25N5O3S2/c1-5-30-22(17-8-10-26-11-9-17)28-29-25(30)35-14-20(31)27-23-21(24(32)33-4)19(13-34-23)18-12-15(2)6-7-16(18)3/h6-13H,5,14H2,1-4H3,(H,27,31). The molecule has 0 aliphatic rings. The van der Waals surface area contributed by atoms with Crippen LogP contribution in [-0.2, 0) is 16.1 Å². The van der Waals surface area contributed by atoms with Crippen LogP contribution in [0, 0.1) is 13.8 Å². The largest absolute Gasteiger partial charge is 0.465 e. The Balaban J connectivity index is 1.53. The summed E-state index contributed by atoms with van der Waals surface area (Å²) in [5, 5.41) is 14.4. The number of aromatic nitrogens is 4. The molecule has 180 valence electrons. The number of ether oxygens (including phenoxy) is 1. The number of hydrogen-bond acceptors (Lipinski definition) is 8. The number of benzene rings is 1. The normalized spacial score (nSPS) is 10.9. The quantitative estimate of drug-likeness (QED) is 0.258. The Morgan fingerprint density at radius 2 is 1.89 bits per heavy atom. The van der Waals surface area contributed by atoms with Gasteiger partial charge < -0.3 is 14.6 Å². The van der Waals surface area contributed by atoms with Gasteiger partial charge in [0.15, 0.2) is 11.0 Å². The highest BCUT2D eigenvalue weighted by Crippen LogP contribution is 2.38. The summed E-state index contributed by atoms with van der Waals surface area (Å²) in [5.74, 6) is 0.108. The van der Waals surface area contributed by atoms with E-state index in [1.165, 1.54) is 30.2 Å². The predicted octanol–water partition coefficient (Wildman–Crippen LogP) is 5.22. The molecular weight excluding hydrogens is 482 g/mol. The number of hydrogen-bond donors (Lipinski definition) is 1. The van der Waals surface area contributed by atoms with Gasteiger partial charge in [0.2, 0.25) is 5.91 Å². The number of pyridine rings is 1. The van der Waals surface area contributed by atoms with Crippen LogP contribution in [0.2, 0.25) is 0 Å². The van der Waals surface area contributed by atoms with E-state index in [-0.39, 0.29) is 11.7 Å². The summed E-state index contributed by atoms with van der Waals surface area (Å²) in [6.45, 7) is 6.65. The van der Waals surface area contributed by atoms with Gasteiger partial charge in [-0.3, -0.25) is 9.78 Å². The van der Waals surface area contributed by atoms with E-state index in [2.05, 4.69) is 20.5 Å². The minimum absolute atomic E-state index is 0.117. The van der Waals surface area contributed by atoms with Crippen LogP contribution in [0.1, 0.15) is 28.4 Å². The number of thiophene rings is 1. The Morgan fingerprint density at radius 1 is 1.11 bits per heavy atom. The summed E-state index contributed by atoms with van der Waals surface area (Å²) in [7, 11) is 1.34. The fraction of sp³-hybridized carbons (Fsp3) is 0.240. The molecule has 0 unspecified atom stereocenters. The van der Waals surface area contributed by atoms with Gasteiger partial charge in [0, 0.05) is 35.4 Å². The average molecular weight is 508 g/mol. The number of carbonyl (C=O) groups excluding carboxylic acids is 2. The second kappa shape index (κ2) is 10.8. The average Bonchev–Trinajstić information content (AvgIpc) is 3.48. The van der Waals surface area contributed by atoms with Crippen molar-refractivity contribution in [3.8, 4) is 22.5 Å². The Kier molecular flexibility index (Phi) is 7.62. The van der Waals surface area contributed by atoms with E-state index in [0.29, 0.717) is 22.3 Å². The molecule has 1 N–H and O–H groups in total. The molecule has 10 heteroatoms. The summed E-state index contributed by atoms with van der Waals surface area (Å²) >= 11 is 2.60. The lowest BCUT2D eigenvalue weighted by Crippen LogP contribution is -2.16. The number of methoxy groups -OCH3 is 1. The summed E-state index contributed by atoms with van der Waals surface area (Å²) < 4.78 is 6.99. The molecule has 35 heavy (non-hydrogen) atoms. The lowest BCUT2D eigenvalue weighted by molar-refractivity contribution is -0.113. The highest BCUT2D eigenvalue weighted by Gasteiger charge is 2.24. The van der Waals surface area contributed by atoms with Crippen LogP contribution >= 0.6 is 23.1 Å². The molecule has 4 aromatic rings. The predicted molar refractivity (Wildman–Crippen MR) is 139 cm³/mol. The monoisotopic (exact) mass is 507 g/mol. The van der Waals surface area contributed by atoms with Gasteiger partial charge in [-0.15, -0.1) is 21.5 Å². The van der Waals surface area contributed by atoms with Gasteiger partial charge in [0.25, 0.3) is 0 Å². The van der Waals surface area contributed by atoms with E-state index in [1.54, 1.807) is 12.4 Å². The van der Waals surface area contributed by atoms with E-state index in [0.717, 1.165) is 33.6 Å². The van der Waals surface area contributed by atoms with Crippen molar-refractivity contribution in [3.63, 3.8) is 0 Å². The van der Waals surface area contributed by atoms with Crippen molar-refractivity contribution in [2.24, 2.45) is 0 Å². The molecule has 0 aliphatic carbocycles. The van der Waals surface area contributed by atoms with Gasteiger partial charge in [-0.1, -0.05) is 35.5 Å². The molecule has 0 aliphatic heterocycles. The molecule has 0 spiro atoms. The molecule has 0 fully saturated rings. The number of rotatable bonds is 8. The number of nitrogens with zero attached hydrogens (tertiary/aromatic N) is 4. The van der Waals surface area contributed by atoms with Gasteiger partial charge in [0.05, 0.1) is 12.9 Å². The topological polar surface area (TPSA) is 99.0 Å². The molecule has 3 aromatic heterocycles. The lowest BCUT2D eigenvalue weighted by Gasteiger charge is -2.10. The van der Waals surface area contributed by atoms with Crippen molar-refractivity contribution >= 4 is 40.0 Å². The van der Waals surface area contributed by atoms with E-state index < -0.39 is 5.97 Å². The number of carbonyl (C=O) groups is 2. The van der Waals surface area contributed by atoms with Crippen LogP contribution in [0.3, 0.4) is 0 Å². The number of anilines is 1. The zero-order valence-corrected chi connectivity index (χ0v) is 21.5. The molecule has 0 saturated carbocycles.